The number of aromatic nitrogens is 1. The lowest BCUT2D eigenvalue weighted by Gasteiger charge is -2.19. The predicted octanol–water partition coefficient (Wildman–Crippen LogP) is 3.12. The highest BCUT2D eigenvalue weighted by molar-refractivity contribution is 7.21. The summed E-state index contributed by atoms with van der Waals surface area (Å²) >= 11 is 1.43. The van der Waals surface area contributed by atoms with E-state index in [-0.39, 0.29) is 17.9 Å². The summed E-state index contributed by atoms with van der Waals surface area (Å²) < 4.78 is 0. The number of hydrogen-bond donors (Lipinski definition) is 1. The van der Waals surface area contributed by atoms with Crippen LogP contribution in [-0.4, -0.2) is 34.3 Å². The lowest BCUT2D eigenvalue weighted by Crippen LogP contribution is -2.40. The van der Waals surface area contributed by atoms with Crippen molar-refractivity contribution >= 4 is 39.1 Å². The molecule has 2 aliphatic heterocycles. The molecule has 4 heterocycles. The highest BCUT2D eigenvalue weighted by atomic mass is 32.1. The molecule has 5 nitrogen and oxygen atoms in total. The zero-order chi connectivity index (χ0) is 16.3. The Morgan fingerprint density at radius 2 is 2.04 bits per heavy atom. The Hall–Kier alpha value is -1.95. The molecule has 0 unspecified atom stereocenters. The number of aryl methyl sites for hydroxylation is 2. The van der Waals surface area contributed by atoms with E-state index in [1.54, 1.807) is 4.90 Å². The number of thiophene rings is 1. The molecule has 1 aliphatic carbocycles. The van der Waals surface area contributed by atoms with E-state index in [1.807, 2.05) is 0 Å². The van der Waals surface area contributed by atoms with Crippen LogP contribution in [-0.2, 0) is 17.6 Å². The van der Waals surface area contributed by atoms with Crippen LogP contribution >= 0.6 is 11.3 Å². The van der Waals surface area contributed by atoms with Crippen molar-refractivity contribution in [3.63, 3.8) is 0 Å². The Morgan fingerprint density at radius 1 is 1.17 bits per heavy atom. The van der Waals surface area contributed by atoms with Crippen molar-refractivity contribution in [1.82, 2.24) is 9.88 Å². The van der Waals surface area contributed by atoms with Gasteiger partial charge in [-0.05, 0) is 50.2 Å². The average molecular weight is 341 g/mol. The summed E-state index contributed by atoms with van der Waals surface area (Å²) in [4.78, 5) is 33.6. The van der Waals surface area contributed by atoms with Crippen LogP contribution in [0.3, 0.4) is 0 Å². The Labute approximate surface area is 144 Å². The van der Waals surface area contributed by atoms with Gasteiger partial charge in [-0.25, -0.2) is 4.98 Å². The molecule has 0 aromatic carbocycles. The molecular weight excluding hydrogens is 322 g/mol. The fourth-order valence-corrected chi connectivity index (χ4v) is 5.30. The first-order valence-corrected chi connectivity index (χ1v) is 9.61. The van der Waals surface area contributed by atoms with Gasteiger partial charge in [0.05, 0.1) is 5.69 Å². The summed E-state index contributed by atoms with van der Waals surface area (Å²) in [6.45, 7) is 0.675. The maximum atomic E-state index is 12.9. The van der Waals surface area contributed by atoms with Crippen LogP contribution in [0.25, 0.3) is 10.2 Å². The first kappa shape index (κ1) is 14.4. The van der Waals surface area contributed by atoms with Crippen molar-refractivity contribution in [3.05, 3.63) is 22.2 Å². The molecule has 2 aromatic heterocycles. The number of carbonyl (C=O) groups excluding carboxylic acids is 2. The number of carbonyl (C=O) groups is 2. The van der Waals surface area contributed by atoms with Crippen molar-refractivity contribution in [2.45, 2.75) is 51.0 Å². The van der Waals surface area contributed by atoms with Crippen LogP contribution in [0.1, 0.15) is 53.0 Å². The molecule has 6 heteroatoms. The van der Waals surface area contributed by atoms with Crippen LogP contribution in [0.15, 0.2) is 6.07 Å². The Kier molecular flexibility index (Phi) is 3.16. The highest BCUT2D eigenvalue weighted by Crippen LogP contribution is 2.40. The molecule has 1 atom stereocenters. The van der Waals surface area contributed by atoms with Gasteiger partial charge in [-0.3, -0.25) is 9.59 Å². The van der Waals surface area contributed by atoms with Crippen LogP contribution in [0, 0.1) is 0 Å². The van der Waals surface area contributed by atoms with E-state index in [9.17, 15) is 9.59 Å². The van der Waals surface area contributed by atoms with E-state index in [4.69, 9.17) is 4.98 Å². The minimum absolute atomic E-state index is 0.0101. The Morgan fingerprint density at radius 3 is 2.96 bits per heavy atom. The van der Waals surface area contributed by atoms with Gasteiger partial charge < -0.3 is 10.2 Å². The second-order valence-electron chi connectivity index (χ2n) is 6.96. The van der Waals surface area contributed by atoms with Crippen LogP contribution in [0.2, 0.25) is 0 Å². The van der Waals surface area contributed by atoms with Crippen molar-refractivity contribution < 1.29 is 9.59 Å². The first-order chi connectivity index (χ1) is 11.7. The highest BCUT2D eigenvalue weighted by Gasteiger charge is 2.40. The SMILES string of the molecule is O=C1Nc2c(sc3nc4c(cc23)CCCCC4)C(=O)N2CCC[C@H]12. The molecule has 2 aromatic rings. The van der Waals surface area contributed by atoms with Crippen LogP contribution in [0.5, 0.6) is 0 Å². The van der Waals surface area contributed by atoms with Gasteiger partial charge in [-0.2, -0.15) is 0 Å². The maximum Gasteiger partial charge on any atom is 0.266 e. The lowest BCUT2D eigenvalue weighted by atomic mass is 10.1. The average Bonchev–Trinajstić information content (AvgIpc) is 3.09. The number of amides is 2. The van der Waals surface area contributed by atoms with E-state index >= 15 is 0 Å². The van der Waals surface area contributed by atoms with E-state index in [0.29, 0.717) is 17.1 Å². The molecule has 0 saturated carbocycles. The summed E-state index contributed by atoms with van der Waals surface area (Å²) in [7, 11) is 0. The topological polar surface area (TPSA) is 62.3 Å². The molecule has 1 fully saturated rings. The minimum Gasteiger partial charge on any atom is -0.326 e. The van der Waals surface area contributed by atoms with Gasteiger partial charge in [0, 0.05) is 17.6 Å². The van der Waals surface area contributed by atoms with E-state index in [0.717, 1.165) is 35.9 Å². The molecule has 24 heavy (non-hydrogen) atoms. The van der Waals surface area contributed by atoms with Gasteiger partial charge in [-0.15, -0.1) is 11.3 Å². The van der Waals surface area contributed by atoms with Gasteiger partial charge in [0.15, 0.2) is 0 Å². The van der Waals surface area contributed by atoms with Gasteiger partial charge in [0.1, 0.15) is 15.7 Å². The first-order valence-electron chi connectivity index (χ1n) is 8.79. The normalized spacial score (nSPS) is 23.3. The van der Waals surface area contributed by atoms with Crippen molar-refractivity contribution in [3.8, 4) is 0 Å². The number of pyridine rings is 1. The van der Waals surface area contributed by atoms with Crippen molar-refractivity contribution in [2.75, 3.05) is 11.9 Å². The third kappa shape index (κ3) is 2.02. The molecule has 1 saturated heterocycles. The minimum atomic E-state index is -0.305. The summed E-state index contributed by atoms with van der Waals surface area (Å²) in [6.07, 6.45) is 7.33. The summed E-state index contributed by atoms with van der Waals surface area (Å²) in [6, 6.07) is 1.86. The van der Waals surface area contributed by atoms with Gasteiger partial charge in [-0.1, -0.05) is 6.42 Å². The quantitative estimate of drug-likeness (QED) is 0.749. The van der Waals surface area contributed by atoms with E-state index in [2.05, 4.69) is 11.4 Å². The molecule has 0 bridgehead atoms. The molecule has 0 spiro atoms. The van der Waals surface area contributed by atoms with Crippen molar-refractivity contribution in [2.24, 2.45) is 0 Å². The fraction of sp³-hybridized carbons (Fsp3) is 0.500. The Balaban J connectivity index is 1.69. The largest absolute Gasteiger partial charge is 0.326 e. The third-order valence-corrected chi connectivity index (χ3v) is 6.56. The predicted molar refractivity (Wildman–Crippen MR) is 93.6 cm³/mol. The number of fused-ring (bicyclic) bond motifs is 5. The standard InChI is InChI=1S/C18H19N3O2S/c22-16-13-7-4-8-21(13)18(23)15-14(20-16)11-9-10-5-2-1-3-6-12(10)19-17(11)24-15/h9,13H,1-8H2,(H,20,22)/t13-/m1/s1. The summed E-state index contributed by atoms with van der Waals surface area (Å²) in [5.74, 6) is -0.0571. The van der Waals surface area contributed by atoms with Crippen LogP contribution in [0.4, 0.5) is 5.69 Å². The number of anilines is 1. The number of nitrogens with one attached hydrogen (secondary N) is 1. The zero-order valence-corrected chi connectivity index (χ0v) is 14.2. The van der Waals surface area contributed by atoms with Crippen LogP contribution < -0.4 is 5.32 Å². The van der Waals surface area contributed by atoms with Gasteiger partial charge in [0.2, 0.25) is 5.91 Å². The number of nitrogens with zero attached hydrogens (tertiary/aromatic N) is 2. The summed E-state index contributed by atoms with van der Waals surface area (Å²) in [5.41, 5.74) is 3.15. The smallest absolute Gasteiger partial charge is 0.266 e. The molecule has 124 valence electrons. The maximum absolute atomic E-state index is 12.9. The van der Waals surface area contributed by atoms with E-state index in [1.165, 1.54) is 41.9 Å². The Bertz CT molecular complexity index is 873. The van der Waals surface area contributed by atoms with Gasteiger partial charge >= 0.3 is 0 Å². The molecule has 0 radical (unpaired) electrons. The second kappa shape index (κ2) is 5.28. The summed E-state index contributed by atoms with van der Waals surface area (Å²) in [5, 5.41) is 3.98. The molecule has 3 aliphatic rings. The second-order valence-corrected chi connectivity index (χ2v) is 7.96. The van der Waals surface area contributed by atoms with Crippen molar-refractivity contribution in [1.29, 1.82) is 0 Å². The molecule has 1 N–H and O–H groups in total. The molecule has 2 amide bonds. The molecule has 5 rings (SSSR count). The number of hydrogen-bond acceptors (Lipinski definition) is 4. The zero-order valence-electron chi connectivity index (χ0n) is 13.4. The fourth-order valence-electron chi connectivity index (χ4n) is 4.21. The number of rotatable bonds is 0. The van der Waals surface area contributed by atoms with E-state index < -0.39 is 0 Å². The lowest BCUT2D eigenvalue weighted by molar-refractivity contribution is -0.119. The third-order valence-electron chi connectivity index (χ3n) is 5.47. The molecular formula is C18H19N3O2S. The van der Waals surface area contributed by atoms with Gasteiger partial charge in [0.25, 0.3) is 5.91 Å². The monoisotopic (exact) mass is 341 g/mol.